The molecule has 1 aliphatic carbocycles. The third kappa shape index (κ3) is 3.30. The van der Waals surface area contributed by atoms with Gasteiger partial charge in [0.2, 0.25) is 0 Å². The van der Waals surface area contributed by atoms with Crippen LogP contribution in [0.15, 0.2) is 12.1 Å². The van der Waals surface area contributed by atoms with Crippen molar-refractivity contribution in [1.82, 2.24) is 10.6 Å². The van der Waals surface area contributed by atoms with Crippen molar-refractivity contribution in [3.63, 3.8) is 0 Å². The van der Waals surface area contributed by atoms with E-state index in [1.807, 2.05) is 0 Å². The first-order valence-electron chi connectivity index (χ1n) is 5.24. The monoisotopic (exact) mass is 260 g/mol. The highest BCUT2D eigenvalue weighted by molar-refractivity contribution is 6.30. The molecule has 0 radical (unpaired) electrons. The van der Waals surface area contributed by atoms with Crippen LogP contribution >= 0.6 is 11.6 Å². The zero-order valence-corrected chi connectivity index (χ0v) is 9.65. The van der Waals surface area contributed by atoms with E-state index in [0.29, 0.717) is 6.07 Å². The van der Waals surface area contributed by atoms with Crippen molar-refractivity contribution >= 4 is 17.6 Å². The summed E-state index contributed by atoms with van der Waals surface area (Å²) in [4.78, 5) is 11.3. The normalized spacial score (nSPS) is 14.5. The first kappa shape index (κ1) is 12.1. The van der Waals surface area contributed by atoms with Gasteiger partial charge >= 0.3 is 6.03 Å². The van der Waals surface area contributed by atoms with Gasteiger partial charge in [0.1, 0.15) is 11.6 Å². The molecule has 0 unspecified atom stereocenters. The van der Waals surface area contributed by atoms with Crippen molar-refractivity contribution in [2.24, 2.45) is 0 Å². The lowest BCUT2D eigenvalue weighted by Crippen LogP contribution is -2.36. The maximum Gasteiger partial charge on any atom is 0.315 e. The number of amides is 2. The van der Waals surface area contributed by atoms with Crippen LogP contribution in [-0.2, 0) is 6.54 Å². The third-order valence-corrected chi connectivity index (χ3v) is 2.73. The number of urea groups is 1. The van der Waals surface area contributed by atoms with E-state index in [1.165, 1.54) is 6.07 Å². The Bertz CT molecular complexity index is 449. The Morgan fingerprint density at radius 1 is 1.35 bits per heavy atom. The second-order valence-corrected chi connectivity index (χ2v) is 4.37. The lowest BCUT2D eigenvalue weighted by molar-refractivity contribution is 0.240. The molecule has 0 atom stereocenters. The molecule has 6 heteroatoms. The highest BCUT2D eigenvalue weighted by Gasteiger charge is 2.23. The van der Waals surface area contributed by atoms with Crippen LogP contribution in [0.25, 0.3) is 0 Å². The molecule has 0 bridgehead atoms. The molecule has 0 heterocycles. The molecule has 3 nitrogen and oxygen atoms in total. The van der Waals surface area contributed by atoms with Crippen LogP contribution in [0.2, 0.25) is 5.02 Å². The molecule has 1 aromatic carbocycles. The Balaban J connectivity index is 1.93. The minimum absolute atomic E-state index is 0.0234. The van der Waals surface area contributed by atoms with Crippen LogP contribution in [0.1, 0.15) is 18.4 Å². The largest absolute Gasteiger partial charge is 0.335 e. The summed E-state index contributed by atoms with van der Waals surface area (Å²) in [5.41, 5.74) is 0.155. The number of carbonyl (C=O) groups is 1. The molecule has 0 aliphatic heterocycles. The van der Waals surface area contributed by atoms with Gasteiger partial charge < -0.3 is 10.6 Å². The third-order valence-electron chi connectivity index (χ3n) is 2.44. The van der Waals surface area contributed by atoms with Gasteiger partial charge in [0, 0.05) is 24.2 Å². The van der Waals surface area contributed by atoms with E-state index in [0.717, 1.165) is 12.8 Å². The maximum absolute atomic E-state index is 13.3. The van der Waals surface area contributed by atoms with Crippen molar-refractivity contribution in [2.45, 2.75) is 25.4 Å². The first-order chi connectivity index (χ1) is 8.06. The highest BCUT2D eigenvalue weighted by atomic mass is 35.5. The van der Waals surface area contributed by atoms with Crippen molar-refractivity contribution < 1.29 is 13.6 Å². The van der Waals surface area contributed by atoms with Crippen LogP contribution in [0, 0.1) is 11.6 Å². The maximum atomic E-state index is 13.3. The summed E-state index contributed by atoms with van der Waals surface area (Å²) in [7, 11) is 0. The molecule has 0 saturated heterocycles. The van der Waals surface area contributed by atoms with Crippen molar-refractivity contribution in [1.29, 1.82) is 0 Å². The van der Waals surface area contributed by atoms with E-state index in [1.54, 1.807) is 0 Å². The summed E-state index contributed by atoms with van der Waals surface area (Å²) in [5, 5.41) is 5.02. The average molecular weight is 261 g/mol. The summed E-state index contributed by atoms with van der Waals surface area (Å²) >= 11 is 5.53. The molecule has 92 valence electrons. The lowest BCUT2D eigenvalue weighted by Gasteiger charge is -2.08. The SMILES string of the molecule is O=C(NCc1cc(Cl)c(F)cc1F)NC1CC1. The standard InChI is InChI=1S/C11H11ClF2N2O/c12-8-3-6(9(13)4-10(8)14)5-15-11(17)16-7-1-2-7/h3-4,7H,1-2,5H2,(H2,15,16,17). The predicted molar refractivity (Wildman–Crippen MR) is 59.8 cm³/mol. The van der Waals surface area contributed by atoms with E-state index >= 15 is 0 Å². The summed E-state index contributed by atoms with van der Waals surface area (Å²) < 4.78 is 26.2. The van der Waals surface area contributed by atoms with Crippen LogP contribution in [0.4, 0.5) is 13.6 Å². The molecule has 1 fully saturated rings. The second kappa shape index (κ2) is 4.87. The number of halogens is 3. The number of rotatable bonds is 3. The second-order valence-electron chi connectivity index (χ2n) is 3.96. The summed E-state index contributed by atoms with van der Waals surface area (Å²) in [5.74, 6) is -1.53. The Hall–Kier alpha value is -1.36. The van der Waals surface area contributed by atoms with Gasteiger partial charge in [0.05, 0.1) is 5.02 Å². The lowest BCUT2D eigenvalue weighted by atomic mass is 10.2. The Morgan fingerprint density at radius 3 is 2.71 bits per heavy atom. The summed E-state index contributed by atoms with van der Waals surface area (Å²) in [6.45, 7) is -0.0234. The molecule has 0 spiro atoms. The zero-order chi connectivity index (χ0) is 12.4. The van der Waals surface area contributed by atoms with E-state index in [4.69, 9.17) is 11.6 Å². The Morgan fingerprint density at radius 2 is 2.06 bits per heavy atom. The van der Waals surface area contributed by atoms with Gasteiger partial charge in [-0.05, 0) is 18.9 Å². The minimum atomic E-state index is -0.810. The summed E-state index contributed by atoms with van der Waals surface area (Å²) in [6, 6.07) is 1.76. The fraction of sp³-hybridized carbons (Fsp3) is 0.364. The van der Waals surface area contributed by atoms with Gasteiger partial charge in [-0.2, -0.15) is 0 Å². The summed E-state index contributed by atoms with van der Waals surface area (Å²) in [6.07, 6.45) is 1.95. The number of hydrogen-bond donors (Lipinski definition) is 2. The molecular formula is C11H11ClF2N2O. The quantitative estimate of drug-likeness (QED) is 0.806. The molecule has 0 aromatic heterocycles. The van der Waals surface area contributed by atoms with Gasteiger partial charge in [-0.25, -0.2) is 13.6 Å². The molecular weight excluding hydrogens is 250 g/mol. The molecule has 2 N–H and O–H groups in total. The highest BCUT2D eigenvalue weighted by Crippen LogP contribution is 2.20. The predicted octanol–water partition coefficient (Wildman–Crippen LogP) is 2.58. The zero-order valence-electron chi connectivity index (χ0n) is 8.90. The molecule has 17 heavy (non-hydrogen) atoms. The van der Waals surface area contributed by atoms with Crippen LogP contribution in [0.3, 0.4) is 0 Å². The molecule has 2 rings (SSSR count). The van der Waals surface area contributed by atoms with Gasteiger partial charge in [0.15, 0.2) is 0 Å². The van der Waals surface area contributed by atoms with Gasteiger partial charge in [-0.3, -0.25) is 0 Å². The molecule has 2 amide bonds. The minimum Gasteiger partial charge on any atom is -0.335 e. The molecule has 1 aliphatic rings. The fourth-order valence-electron chi connectivity index (χ4n) is 1.34. The topological polar surface area (TPSA) is 41.1 Å². The first-order valence-corrected chi connectivity index (χ1v) is 5.62. The fourth-order valence-corrected chi connectivity index (χ4v) is 1.53. The molecule has 1 aromatic rings. The smallest absolute Gasteiger partial charge is 0.315 e. The van der Waals surface area contributed by atoms with Crippen LogP contribution in [-0.4, -0.2) is 12.1 Å². The number of carbonyl (C=O) groups excluding carboxylic acids is 1. The van der Waals surface area contributed by atoms with E-state index in [2.05, 4.69) is 10.6 Å². The molecule has 1 saturated carbocycles. The van der Waals surface area contributed by atoms with Crippen LogP contribution in [0.5, 0.6) is 0 Å². The van der Waals surface area contributed by atoms with Gasteiger partial charge in [-0.1, -0.05) is 11.6 Å². The van der Waals surface area contributed by atoms with Crippen molar-refractivity contribution in [3.05, 3.63) is 34.4 Å². The number of benzene rings is 1. The van der Waals surface area contributed by atoms with E-state index in [-0.39, 0.29) is 29.2 Å². The van der Waals surface area contributed by atoms with Crippen molar-refractivity contribution in [2.75, 3.05) is 0 Å². The number of nitrogens with one attached hydrogen (secondary N) is 2. The van der Waals surface area contributed by atoms with Gasteiger partial charge in [0.25, 0.3) is 0 Å². The van der Waals surface area contributed by atoms with E-state index < -0.39 is 11.6 Å². The van der Waals surface area contributed by atoms with Gasteiger partial charge in [-0.15, -0.1) is 0 Å². The average Bonchev–Trinajstić information content (AvgIpc) is 3.05. The Labute approximate surface area is 102 Å². The van der Waals surface area contributed by atoms with E-state index in [9.17, 15) is 13.6 Å². The number of hydrogen-bond acceptors (Lipinski definition) is 1. The Kier molecular flexibility index (Phi) is 3.47. The van der Waals surface area contributed by atoms with Crippen LogP contribution < -0.4 is 10.6 Å². The van der Waals surface area contributed by atoms with Crippen molar-refractivity contribution in [3.8, 4) is 0 Å².